The second-order valence-corrected chi connectivity index (χ2v) is 21.4. The summed E-state index contributed by atoms with van der Waals surface area (Å²) in [6.07, 6.45) is 10.7. The number of pyridine rings is 2. The van der Waals surface area contributed by atoms with E-state index in [0.29, 0.717) is 62.2 Å². The van der Waals surface area contributed by atoms with Crippen molar-refractivity contribution < 1.29 is 45.3 Å². The van der Waals surface area contributed by atoms with Crippen LogP contribution in [0.3, 0.4) is 0 Å². The normalized spacial score (nSPS) is 13.2. The first kappa shape index (κ1) is 54.3. The highest BCUT2D eigenvalue weighted by molar-refractivity contribution is 7.91. The molecule has 0 fully saturated rings. The second-order valence-electron chi connectivity index (χ2n) is 16.3. The van der Waals surface area contributed by atoms with Gasteiger partial charge in [0, 0.05) is 74.9 Å². The average Bonchev–Trinajstić information content (AvgIpc) is 4.03. The van der Waals surface area contributed by atoms with Crippen molar-refractivity contribution in [2.24, 2.45) is 0 Å². The molecule has 0 spiro atoms. The van der Waals surface area contributed by atoms with Crippen LogP contribution in [0.15, 0.2) is 110 Å². The van der Waals surface area contributed by atoms with Crippen molar-refractivity contribution in [3.05, 3.63) is 144 Å². The van der Waals surface area contributed by atoms with Gasteiger partial charge >= 0.3 is 0 Å². The van der Waals surface area contributed by atoms with E-state index < -0.39 is 53.9 Å². The predicted molar refractivity (Wildman–Crippen MR) is 273 cm³/mol. The molecule has 74 heavy (non-hydrogen) atoms. The molecule has 0 aliphatic heterocycles. The van der Waals surface area contributed by atoms with E-state index in [1.807, 2.05) is 13.0 Å². The number of aryl methyl sites for hydroxylation is 1. The molecule has 0 saturated carbocycles. The smallest absolute Gasteiger partial charge is 0.170 e. The lowest BCUT2D eigenvalue weighted by atomic mass is 10.2. The Kier molecular flexibility index (Phi) is 17.6. The maximum absolute atomic E-state index is 13.7. The average molecular weight is 1070 g/mol. The van der Waals surface area contributed by atoms with Gasteiger partial charge in [-0.05, 0) is 74.9 Å². The van der Waals surface area contributed by atoms with Crippen molar-refractivity contribution in [1.29, 1.82) is 0 Å². The number of para-hydroxylation sites is 2. The van der Waals surface area contributed by atoms with Gasteiger partial charge in [0.25, 0.3) is 0 Å². The maximum atomic E-state index is 13.7. The molecule has 0 saturated heterocycles. The van der Waals surface area contributed by atoms with Crippen LogP contribution in [-0.2, 0) is 40.7 Å². The zero-order valence-electron chi connectivity index (χ0n) is 41.8. The molecule has 0 aliphatic rings. The van der Waals surface area contributed by atoms with Gasteiger partial charge in [0.15, 0.2) is 54.6 Å². The Bertz CT molecular complexity index is 3110. The Labute approximate surface area is 433 Å². The first-order chi connectivity index (χ1) is 35.6. The van der Waals surface area contributed by atoms with Gasteiger partial charge in [-0.2, -0.15) is 0 Å². The lowest BCUT2D eigenvalue weighted by Gasteiger charge is -2.22. The molecule has 2 aromatic carbocycles. The molecule has 0 amide bonds. The SMILES string of the molecule is COc1cccc(OC)c1-n1c(CS(=O)(=O)[C@@H](C)[C@@H](OC)c2ncc(C)cn2)nnc1-c1cccnc1.COc1cccc(OC)c1-n1c(CS(=O)(=O)[C@H](C)[C@H](OC)c2ncc(Cl)cn2)nnc1-c1cccnc1. The molecular formula is C49H53ClN12O10S2. The van der Waals surface area contributed by atoms with E-state index >= 15 is 0 Å². The van der Waals surface area contributed by atoms with Crippen LogP contribution in [0.25, 0.3) is 34.2 Å². The van der Waals surface area contributed by atoms with Crippen molar-refractivity contribution in [3.8, 4) is 57.1 Å². The summed E-state index contributed by atoms with van der Waals surface area (Å²) in [6, 6.07) is 17.7. The summed E-state index contributed by atoms with van der Waals surface area (Å²) in [5, 5.41) is 15.5. The summed E-state index contributed by atoms with van der Waals surface area (Å²) in [5.41, 5.74) is 3.06. The van der Waals surface area contributed by atoms with E-state index in [0.717, 1.165) is 5.56 Å². The largest absolute Gasteiger partial charge is 0.494 e. The van der Waals surface area contributed by atoms with Crippen LogP contribution in [-0.4, -0.2) is 129 Å². The molecular weight excluding hydrogens is 1020 g/mol. The molecule has 0 N–H and O–H groups in total. The molecule has 8 aromatic rings. The van der Waals surface area contributed by atoms with Crippen molar-refractivity contribution in [3.63, 3.8) is 0 Å². The third-order valence-electron chi connectivity index (χ3n) is 11.7. The van der Waals surface area contributed by atoms with Gasteiger partial charge in [0.05, 0.1) is 44.0 Å². The van der Waals surface area contributed by atoms with Crippen LogP contribution in [0, 0.1) is 6.92 Å². The Morgan fingerprint density at radius 3 is 1.20 bits per heavy atom. The van der Waals surface area contributed by atoms with Gasteiger partial charge in [-0.1, -0.05) is 23.7 Å². The molecule has 25 heteroatoms. The Hall–Kier alpha value is -7.51. The number of hydrogen-bond donors (Lipinski definition) is 0. The van der Waals surface area contributed by atoms with Gasteiger partial charge in [0.1, 0.15) is 58.1 Å². The van der Waals surface area contributed by atoms with Crippen LogP contribution < -0.4 is 18.9 Å². The number of halogens is 1. The molecule has 0 bridgehead atoms. The zero-order chi connectivity index (χ0) is 53.2. The monoisotopic (exact) mass is 1070 g/mol. The molecule has 0 radical (unpaired) electrons. The number of benzene rings is 2. The topological polar surface area (TPSA) is 262 Å². The summed E-state index contributed by atoms with van der Waals surface area (Å²) in [7, 11) is 1.18. The molecule has 6 aromatic heterocycles. The molecule has 22 nitrogen and oxygen atoms in total. The van der Waals surface area contributed by atoms with E-state index in [2.05, 4.69) is 50.3 Å². The van der Waals surface area contributed by atoms with Crippen LogP contribution in [0.1, 0.15) is 54.9 Å². The van der Waals surface area contributed by atoms with Crippen LogP contribution in [0.5, 0.6) is 23.0 Å². The standard InChI is InChI=1S/C25H28N6O5S.C24H25ClN6O5S/c1-16-12-27-24(28-13-16)23(36-5)17(2)37(32,33)15-21-29-30-25(18-8-7-11-26-14-18)31(21)22-19(34-3)9-6-10-20(22)35-4;1-15(22(36-4)23-27-12-17(25)13-28-23)37(32,33)14-20-29-30-24(16-7-6-10-26-11-16)31(20)21-18(34-2)8-5-9-19(21)35-3/h6-14,17,23H,15H2,1-5H3;5-13,15,22H,14H2,1-4H3/t17-,23+;15-,22+/m01/s1. The third-order valence-corrected chi connectivity index (χ3v) is 15.9. The zero-order valence-corrected chi connectivity index (χ0v) is 44.1. The van der Waals surface area contributed by atoms with E-state index in [-0.39, 0.29) is 23.3 Å². The highest BCUT2D eigenvalue weighted by Gasteiger charge is 2.37. The summed E-state index contributed by atoms with van der Waals surface area (Å²) in [4.78, 5) is 25.2. The highest BCUT2D eigenvalue weighted by Crippen LogP contribution is 2.39. The van der Waals surface area contributed by atoms with Crippen LogP contribution in [0.4, 0.5) is 0 Å². The molecule has 388 valence electrons. The number of ether oxygens (including phenoxy) is 6. The summed E-state index contributed by atoms with van der Waals surface area (Å²) >= 11 is 5.89. The fourth-order valence-electron chi connectivity index (χ4n) is 7.79. The van der Waals surface area contributed by atoms with E-state index in [1.54, 1.807) is 108 Å². The molecule has 4 atom stereocenters. The lowest BCUT2D eigenvalue weighted by Crippen LogP contribution is -2.30. The Morgan fingerprint density at radius 1 is 0.514 bits per heavy atom. The van der Waals surface area contributed by atoms with Crippen molar-refractivity contribution in [1.82, 2.24) is 59.4 Å². The number of methoxy groups -OCH3 is 6. The first-order valence-corrected chi connectivity index (χ1v) is 26.3. The summed E-state index contributed by atoms with van der Waals surface area (Å²) in [6.45, 7) is 4.96. The second kappa shape index (κ2) is 24.0. The first-order valence-electron chi connectivity index (χ1n) is 22.5. The van der Waals surface area contributed by atoms with Crippen molar-refractivity contribution in [2.75, 3.05) is 42.7 Å². The Balaban J connectivity index is 0.000000216. The van der Waals surface area contributed by atoms with Gasteiger partial charge in [-0.15, -0.1) is 20.4 Å². The number of aromatic nitrogens is 12. The van der Waals surface area contributed by atoms with Gasteiger partial charge in [-0.3, -0.25) is 19.1 Å². The van der Waals surface area contributed by atoms with Gasteiger partial charge < -0.3 is 28.4 Å². The molecule has 0 aliphatic carbocycles. The molecule has 8 rings (SSSR count). The van der Waals surface area contributed by atoms with E-state index in [1.165, 1.54) is 62.0 Å². The van der Waals surface area contributed by atoms with Crippen molar-refractivity contribution >= 4 is 31.3 Å². The fourth-order valence-corrected chi connectivity index (χ4v) is 10.7. The quantitative estimate of drug-likeness (QED) is 0.0776. The van der Waals surface area contributed by atoms with E-state index in [4.69, 9.17) is 40.0 Å². The molecule has 0 unspecified atom stereocenters. The minimum absolute atomic E-state index is 0.153. The van der Waals surface area contributed by atoms with Gasteiger partial charge in [0.2, 0.25) is 0 Å². The minimum atomic E-state index is -3.88. The number of rotatable bonds is 20. The fraction of sp³-hybridized carbons (Fsp3) is 0.306. The lowest BCUT2D eigenvalue weighted by molar-refractivity contribution is 0.0947. The highest BCUT2D eigenvalue weighted by atomic mass is 35.5. The number of hydrogen-bond acceptors (Lipinski definition) is 20. The van der Waals surface area contributed by atoms with E-state index in [9.17, 15) is 16.8 Å². The van der Waals surface area contributed by atoms with Crippen molar-refractivity contribution in [2.45, 2.75) is 55.0 Å². The van der Waals surface area contributed by atoms with Gasteiger partial charge in [-0.25, -0.2) is 36.8 Å². The third kappa shape index (κ3) is 11.8. The summed E-state index contributed by atoms with van der Waals surface area (Å²) < 4.78 is 91.3. The maximum Gasteiger partial charge on any atom is 0.170 e. The van der Waals surface area contributed by atoms with Crippen LogP contribution in [0.2, 0.25) is 5.02 Å². The number of nitrogens with zero attached hydrogens (tertiary/aromatic N) is 12. The number of sulfone groups is 2. The predicted octanol–water partition coefficient (Wildman–Crippen LogP) is 6.62. The summed E-state index contributed by atoms with van der Waals surface area (Å²) in [5.74, 6) is 2.48. The van der Waals surface area contributed by atoms with Crippen LogP contribution >= 0.6 is 11.6 Å². The minimum Gasteiger partial charge on any atom is -0.494 e. The Morgan fingerprint density at radius 2 is 0.878 bits per heavy atom. The molecule has 6 heterocycles.